The standard InChI is InChI=1S/C19H29FN2O3/c1-3-22(4-2)13-15-25-14-12-21-19(24)7-5-6-18(23)16-8-10-17(20)11-9-16/h8-11H,3-7,12-15H2,1-2H3,(H,21,24). The van der Waals surface area contributed by atoms with E-state index in [9.17, 15) is 14.0 Å². The van der Waals surface area contributed by atoms with Crippen molar-refractivity contribution in [2.45, 2.75) is 33.1 Å². The molecule has 25 heavy (non-hydrogen) atoms. The van der Waals surface area contributed by atoms with Crippen LogP contribution >= 0.6 is 0 Å². The summed E-state index contributed by atoms with van der Waals surface area (Å²) in [5.74, 6) is -0.526. The topological polar surface area (TPSA) is 58.6 Å². The molecule has 6 heteroatoms. The average Bonchev–Trinajstić information content (AvgIpc) is 2.61. The van der Waals surface area contributed by atoms with Crippen molar-refractivity contribution in [1.29, 1.82) is 0 Å². The zero-order valence-corrected chi connectivity index (χ0v) is 15.2. The van der Waals surface area contributed by atoms with Crippen molar-refractivity contribution in [3.05, 3.63) is 35.6 Å². The van der Waals surface area contributed by atoms with Gasteiger partial charge in [0.05, 0.1) is 13.2 Å². The maximum atomic E-state index is 12.8. The lowest BCUT2D eigenvalue weighted by atomic mass is 10.1. The molecule has 1 N–H and O–H groups in total. The van der Waals surface area contributed by atoms with E-state index in [4.69, 9.17) is 4.74 Å². The number of benzene rings is 1. The van der Waals surface area contributed by atoms with Crippen LogP contribution in [0.15, 0.2) is 24.3 Å². The van der Waals surface area contributed by atoms with Crippen LogP contribution in [-0.2, 0) is 9.53 Å². The molecule has 0 aliphatic heterocycles. The summed E-state index contributed by atoms with van der Waals surface area (Å²) in [5.41, 5.74) is 0.475. The molecule has 0 aromatic heterocycles. The quantitative estimate of drug-likeness (QED) is 0.438. The van der Waals surface area contributed by atoms with Gasteiger partial charge in [0.2, 0.25) is 5.91 Å². The van der Waals surface area contributed by atoms with Crippen molar-refractivity contribution in [2.75, 3.05) is 39.4 Å². The maximum Gasteiger partial charge on any atom is 0.220 e. The Balaban J connectivity index is 2.05. The number of Topliss-reactive ketones (excluding diaryl/α,β-unsaturated/α-hetero) is 1. The third-order valence-electron chi connectivity index (χ3n) is 3.99. The van der Waals surface area contributed by atoms with Crippen LogP contribution in [0, 0.1) is 5.82 Å². The molecule has 0 heterocycles. The third kappa shape index (κ3) is 9.31. The third-order valence-corrected chi connectivity index (χ3v) is 3.99. The Morgan fingerprint density at radius 1 is 1.08 bits per heavy atom. The maximum absolute atomic E-state index is 12.8. The number of ketones is 1. The van der Waals surface area contributed by atoms with E-state index in [0.29, 0.717) is 38.2 Å². The van der Waals surface area contributed by atoms with Gasteiger partial charge in [0.1, 0.15) is 5.82 Å². The summed E-state index contributed by atoms with van der Waals surface area (Å²) in [6.45, 7) is 8.76. The number of carbonyl (C=O) groups is 2. The van der Waals surface area contributed by atoms with Gasteiger partial charge < -0.3 is 15.0 Å². The molecule has 1 amide bonds. The molecule has 0 saturated carbocycles. The Labute approximate surface area is 149 Å². The molecule has 1 aromatic carbocycles. The highest BCUT2D eigenvalue weighted by Gasteiger charge is 2.08. The minimum atomic E-state index is -0.366. The second-order valence-corrected chi connectivity index (χ2v) is 5.77. The van der Waals surface area contributed by atoms with E-state index >= 15 is 0 Å². The largest absolute Gasteiger partial charge is 0.378 e. The van der Waals surface area contributed by atoms with Gasteiger partial charge in [-0.3, -0.25) is 9.59 Å². The Bertz CT molecular complexity index is 516. The minimum Gasteiger partial charge on any atom is -0.378 e. The summed E-state index contributed by atoms with van der Waals surface area (Å²) in [7, 11) is 0. The molecule has 0 spiro atoms. The van der Waals surface area contributed by atoms with Crippen LogP contribution in [-0.4, -0.2) is 56.0 Å². The fourth-order valence-corrected chi connectivity index (χ4v) is 2.38. The molecule has 0 bridgehead atoms. The molecule has 1 aromatic rings. The first-order valence-electron chi connectivity index (χ1n) is 8.92. The van der Waals surface area contributed by atoms with Crippen LogP contribution in [0.5, 0.6) is 0 Å². The monoisotopic (exact) mass is 352 g/mol. The van der Waals surface area contributed by atoms with Crippen LogP contribution in [0.25, 0.3) is 0 Å². The lowest BCUT2D eigenvalue weighted by Gasteiger charge is -2.17. The molecule has 5 nitrogen and oxygen atoms in total. The second-order valence-electron chi connectivity index (χ2n) is 5.77. The van der Waals surface area contributed by atoms with E-state index in [2.05, 4.69) is 24.1 Å². The van der Waals surface area contributed by atoms with E-state index in [0.717, 1.165) is 19.6 Å². The minimum absolute atomic E-state index is 0.0764. The SMILES string of the molecule is CCN(CC)CCOCCNC(=O)CCCC(=O)c1ccc(F)cc1. The fourth-order valence-electron chi connectivity index (χ4n) is 2.38. The Kier molecular flexibility index (Phi) is 10.7. The van der Waals surface area contributed by atoms with Crippen LogP contribution in [0.2, 0.25) is 0 Å². The highest BCUT2D eigenvalue weighted by molar-refractivity contribution is 5.96. The van der Waals surface area contributed by atoms with Gasteiger partial charge in [-0.2, -0.15) is 0 Å². The van der Waals surface area contributed by atoms with E-state index in [1.165, 1.54) is 24.3 Å². The number of ether oxygens (including phenoxy) is 1. The van der Waals surface area contributed by atoms with Gasteiger partial charge in [0.25, 0.3) is 0 Å². The zero-order chi connectivity index (χ0) is 18.5. The lowest BCUT2D eigenvalue weighted by molar-refractivity contribution is -0.121. The molecule has 0 saturated heterocycles. The van der Waals surface area contributed by atoms with Gasteiger partial charge in [0, 0.05) is 31.5 Å². The number of hydrogen-bond donors (Lipinski definition) is 1. The smallest absolute Gasteiger partial charge is 0.220 e. The van der Waals surface area contributed by atoms with Crippen LogP contribution < -0.4 is 5.32 Å². The van der Waals surface area contributed by atoms with E-state index in [1.807, 2.05) is 0 Å². The van der Waals surface area contributed by atoms with Crippen molar-refractivity contribution < 1.29 is 18.7 Å². The molecule has 0 fully saturated rings. The molecule has 140 valence electrons. The Morgan fingerprint density at radius 2 is 1.76 bits per heavy atom. The second kappa shape index (κ2) is 12.6. The summed E-state index contributed by atoms with van der Waals surface area (Å²) in [6.07, 6.45) is 1.05. The van der Waals surface area contributed by atoms with Crippen LogP contribution in [0.4, 0.5) is 4.39 Å². The lowest BCUT2D eigenvalue weighted by Crippen LogP contribution is -2.30. The first-order valence-corrected chi connectivity index (χ1v) is 8.92. The summed E-state index contributed by atoms with van der Waals surface area (Å²) in [4.78, 5) is 25.9. The normalized spacial score (nSPS) is 10.9. The van der Waals surface area contributed by atoms with E-state index < -0.39 is 0 Å². The van der Waals surface area contributed by atoms with Crippen molar-refractivity contribution in [2.24, 2.45) is 0 Å². The van der Waals surface area contributed by atoms with Crippen molar-refractivity contribution in [1.82, 2.24) is 10.2 Å². The summed E-state index contributed by atoms with van der Waals surface area (Å²) >= 11 is 0. The molecule has 1 rings (SSSR count). The van der Waals surface area contributed by atoms with Gasteiger partial charge >= 0.3 is 0 Å². The van der Waals surface area contributed by atoms with E-state index in [-0.39, 0.29) is 23.9 Å². The van der Waals surface area contributed by atoms with Crippen molar-refractivity contribution in [3.8, 4) is 0 Å². The number of carbonyl (C=O) groups excluding carboxylic acids is 2. The highest BCUT2D eigenvalue weighted by Crippen LogP contribution is 2.08. The number of nitrogens with zero attached hydrogens (tertiary/aromatic N) is 1. The molecule has 0 atom stereocenters. The van der Waals surface area contributed by atoms with E-state index in [1.54, 1.807) is 0 Å². The van der Waals surface area contributed by atoms with Crippen molar-refractivity contribution in [3.63, 3.8) is 0 Å². The predicted molar refractivity (Wildman–Crippen MR) is 96.2 cm³/mol. The van der Waals surface area contributed by atoms with Crippen LogP contribution in [0.3, 0.4) is 0 Å². The molecular formula is C19H29FN2O3. The first kappa shape index (κ1) is 21.3. The average molecular weight is 352 g/mol. The summed E-state index contributed by atoms with van der Waals surface area (Å²) in [5, 5.41) is 2.78. The predicted octanol–water partition coefficient (Wildman–Crippen LogP) is 2.65. The number of likely N-dealkylation sites (N-methyl/N-ethyl adjacent to an activating group) is 1. The van der Waals surface area contributed by atoms with Crippen LogP contribution in [0.1, 0.15) is 43.5 Å². The van der Waals surface area contributed by atoms with Gasteiger partial charge in [-0.1, -0.05) is 13.8 Å². The Morgan fingerprint density at radius 3 is 2.40 bits per heavy atom. The zero-order valence-electron chi connectivity index (χ0n) is 15.2. The fraction of sp³-hybridized carbons (Fsp3) is 0.579. The van der Waals surface area contributed by atoms with Gasteiger partial charge in [-0.05, 0) is 43.8 Å². The molecule has 0 aliphatic carbocycles. The first-order chi connectivity index (χ1) is 12.1. The van der Waals surface area contributed by atoms with Gasteiger partial charge in [-0.25, -0.2) is 4.39 Å². The summed E-state index contributed by atoms with van der Waals surface area (Å²) < 4.78 is 18.3. The Hall–Kier alpha value is -1.79. The van der Waals surface area contributed by atoms with Gasteiger partial charge in [0.15, 0.2) is 5.78 Å². The highest BCUT2D eigenvalue weighted by atomic mass is 19.1. The molecular weight excluding hydrogens is 323 g/mol. The molecule has 0 radical (unpaired) electrons. The van der Waals surface area contributed by atoms with Crippen molar-refractivity contribution >= 4 is 11.7 Å². The van der Waals surface area contributed by atoms with Gasteiger partial charge in [-0.15, -0.1) is 0 Å². The number of amides is 1. The number of rotatable bonds is 13. The summed E-state index contributed by atoms with van der Waals surface area (Å²) in [6, 6.07) is 5.46. The molecule has 0 unspecified atom stereocenters. The molecule has 0 aliphatic rings. The number of nitrogens with one attached hydrogen (secondary N) is 1. The number of hydrogen-bond acceptors (Lipinski definition) is 4. The number of halogens is 1.